The quantitative estimate of drug-likeness (QED) is 0.661. The van der Waals surface area contributed by atoms with Crippen LogP contribution in [-0.2, 0) is 6.42 Å². The third kappa shape index (κ3) is 4.76. The summed E-state index contributed by atoms with van der Waals surface area (Å²) in [6, 6.07) is 1.39. The molecule has 24 heavy (non-hydrogen) atoms. The molecule has 0 aliphatic rings. The standard InChI is InChI=1S/C15H16Cl4N4O/c1-4-11-12(18)14(22-8(3)21-11)20-7(2)6-24-15-10(17)5-9(16)13(19)23-15/h5,7H,4,6H2,1-3H3,(H,20,21,22)/t7-/m0/s1. The Hall–Kier alpha value is -1.01. The molecule has 2 aromatic heterocycles. The maximum Gasteiger partial charge on any atom is 0.234 e. The van der Waals surface area contributed by atoms with E-state index in [4.69, 9.17) is 51.1 Å². The average molecular weight is 410 g/mol. The molecule has 0 aliphatic heterocycles. The molecule has 2 aromatic rings. The molecule has 9 heteroatoms. The van der Waals surface area contributed by atoms with Crippen LogP contribution in [0, 0.1) is 6.92 Å². The number of ether oxygens (including phenoxy) is 1. The van der Waals surface area contributed by atoms with Crippen molar-refractivity contribution in [3.8, 4) is 5.88 Å². The lowest BCUT2D eigenvalue weighted by molar-refractivity contribution is 0.292. The van der Waals surface area contributed by atoms with Gasteiger partial charge < -0.3 is 10.1 Å². The Morgan fingerprint density at radius 2 is 1.83 bits per heavy atom. The molecule has 0 spiro atoms. The Labute approximate surface area is 160 Å². The van der Waals surface area contributed by atoms with Crippen molar-refractivity contribution in [2.45, 2.75) is 33.2 Å². The van der Waals surface area contributed by atoms with Crippen molar-refractivity contribution < 1.29 is 4.74 Å². The van der Waals surface area contributed by atoms with E-state index in [1.54, 1.807) is 0 Å². The van der Waals surface area contributed by atoms with Gasteiger partial charge in [-0.1, -0.05) is 53.3 Å². The molecule has 2 heterocycles. The summed E-state index contributed by atoms with van der Waals surface area (Å²) in [5.41, 5.74) is 0.800. The second-order valence-corrected chi connectivity index (χ2v) is 6.69. The summed E-state index contributed by atoms with van der Waals surface area (Å²) in [6.07, 6.45) is 0.727. The molecule has 1 atom stereocenters. The van der Waals surface area contributed by atoms with Crippen molar-refractivity contribution in [1.29, 1.82) is 0 Å². The summed E-state index contributed by atoms with van der Waals surface area (Å²) in [7, 11) is 0. The summed E-state index contributed by atoms with van der Waals surface area (Å²) < 4.78 is 5.60. The first kappa shape index (κ1) is 19.3. The third-order valence-electron chi connectivity index (χ3n) is 3.07. The van der Waals surface area contributed by atoms with Crippen molar-refractivity contribution in [3.05, 3.63) is 37.8 Å². The van der Waals surface area contributed by atoms with Gasteiger partial charge in [0.1, 0.15) is 28.3 Å². The van der Waals surface area contributed by atoms with E-state index in [-0.39, 0.29) is 28.7 Å². The highest BCUT2D eigenvalue weighted by Crippen LogP contribution is 2.30. The smallest absolute Gasteiger partial charge is 0.234 e. The van der Waals surface area contributed by atoms with Crippen molar-refractivity contribution in [2.75, 3.05) is 11.9 Å². The van der Waals surface area contributed by atoms with Gasteiger partial charge in [-0.05, 0) is 26.3 Å². The summed E-state index contributed by atoms with van der Waals surface area (Å²) in [5, 5.41) is 4.42. The molecule has 5 nitrogen and oxygen atoms in total. The van der Waals surface area contributed by atoms with E-state index in [9.17, 15) is 0 Å². The van der Waals surface area contributed by atoms with Gasteiger partial charge in [0.15, 0.2) is 5.15 Å². The normalized spacial score (nSPS) is 12.1. The molecule has 2 rings (SSSR count). The van der Waals surface area contributed by atoms with Crippen LogP contribution in [0.4, 0.5) is 5.82 Å². The largest absolute Gasteiger partial charge is 0.474 e. The number of nitrogens with one attached hydrogen (secondary N) is 1. The van der Waals surface area contributed by atoms with E-state index in [2.05, 4.69) is 20.3 Å². The monoisotopic (exact) mass is 408 g/mol. The van der Waals surface area contributed by atoms with Crippen LogP contribution < -0.4 is 10.1 Å². The third-order valence-corrected chi connectivity index (χ3v) is 4.42. The van der Waals surface area contributed by atoms with E-state index < -0.39 is 0 Å². The van der Waals surface area contributed by atoms with E-state index in [1.807, 2.05) is 20.8 Å². The Morgan fingerprint density at radius 1 is 1.12 bits per heavy atom. The molecular weight excluding hydrogens is 394 g/mol. The van der Waals surface area contributed by atoms with Crippen molar-refractivity contribution >= 4 is 52.2 Å². The maximum absolute atomic E-state index is 6.31. The topological polar surface area (TPSA) is 59.9 Å². The van der Waals surface area contributed by atoms with Gasteiger partial charge in [0.25, 0.3) is 0 Å². The first-order valence-corrected chi connectivity index (χ1v) is 8.76. The van der Waals surface area contributed by atoms with E-state index >= 15 is 0 Å². The van der Waals surface area contributed by atoms with Crippen LogP contribution >= 0.6 is 46.4 Å². The number of pyridine rings is 1. The zero-order valence-corrected chi connectivity index (χ0v) is 16.4. The summed E-state index contributed by atoms with van der Waals surface area (Å²) in [5.74, 6) is 1.45. The molecule has 0 saturated heterocycles. The second-order valence-electron chi connectivity index (χ2n) is 5.14. The number of aryl methyl sites for hydroxylation is 2. The molecule has 0 saturated carbocycles. The lowest BCUT2D eigenvalue weighted by atomic mass is 10.3. The Bertz CT molecular complexity index is 742. The predicted octanol–water partition coefficient (Wildman–Crippen LogP) is 5.24. The Morgan fingerprint density at radius 3 is 2.50 bits per heavy atom. The number of nitrogens with zero attached hydrogens (tertiary/aromatic N) is 3. The summed E-state index contributed by atoms with van der Waals surface area (Å²) in [4.78, 5) is 12.7. The van der Waals surface area contributed by atoms with E-state index in [0.717, 1.165) is 12.1 Å². The fraction of sp³-hybridized carbons (Fsp3) is 0.400. The molecule has 0 unspecified atom stereocenters. The summed E-state index contributed by atoms with van der Waals surface area (Å²) in [6.45, 7) is 6.01. The minimum absolute atomic E-state index is 0.103. The van der Waals surface area contributed by atoms with Crippen LogP contribution in [0.25, 0.3) is 0 Å². The zero-order chi connectivity index (χ0) is 17.9. The molecule has 0 fully saturated rings. The van der Waals surface area contributed by atoms with Gasteiger partial charge in [-0.3, -0.25) is 0 Å². The van der Waals surface area contributed by atoms with Crippen LogP contribution in [0.2, 0.25) is 20.2 Å². The van der Waals surface area contributed by atoms with Crippen LogP contribution in [-0.4, -0.2) is 27.6 Å². The van der Waals surface area contributed by atoms with Gasteiger partial charge in [0, 0.05) is 0 Å². The van der Waals surface area contributed by atoms with Gasteiger partial charge >= 0.3 is 0 Å². The Balaban J connectivity index is 2.05. The van der Waals surface area contributed by atoms with Crippen molar-refractivity contribution in [3.63, 3.8) is 0 Å². The second kappa shape index (κ2) is 8.39. The highest BCUT2D eigenvalue weighted by atomic mass is 35.5. The van der Waals surface area contributed by atoms with Crippen LogP contribution in [0.5, 0.6) is 5.88 Å². The molecule has 0 bridgehead atoms. The Kier molecular flexibility index (Phi) is 6.75. The van der Waals surface area contributed by atoms with Gasteiger partial charge in [-0.15, -0.1) is 0 Å². The molecule has 130 valence electrons. The van der Waals surface area contributed by atoms with Crippen molar-refractivity contribution in [2.24, 2.45) is 0 Å². The molecule has 0 radical (unpaired) electrons. The van der Waals surface area contributed by atoms with Crippen LogP contribution in [0.15, 0.2) is 6.07 Å². The number of aromatic nitrogens is 3. The van der Waals surface area contributed by atoms with Gasteiger partial charge in [-0.25, -0.2) is 9.97 Å². The fourth-order valence-corrected chi connectivity index (χ4v) is 2.77. The minimum Gasteiger partial charge on any atom is -0.474 e. The van der Waals surface area contributed by atoms with Crippen LogP contribution in [0.3, 0.4) is 0 Å². The maximum atomic E-state index is 6.31. The highest BCUT2D eigenvalue weighted by molar-refractivity contribution is 6.42. The number of rotatable bonds is 6. The molecule has 0 aliphatic carbocycles. The molecule has 0 amide bonds. The minimum atomic E-state index is -0.103. The number of hydrogen-bond donors (Lipinski definition) is 1. The lowest BCUT2D eigenvalue weighted by Gasteiger charge is -2.17. The highest BCUT2D eigenvalue weighted by Gasteiger charge is 2.14. The van der Waals surface area contributed by atoms with Crippen LogP contribution in [0.1, 0.15) is 25.4 Å². The number of hydrogen-bond acceptors (Lipinski definition) is 5. The van der Waals surface area contributed by atoms with Crippen molar-refractivity contribution in [1.82, 2.24) is 15.0 Å². The molecule has 0 aromatic carbocycles. The first-order valence-electron chi connectivity index (χ1n) is 7.25. The number of halogens is 4. The van der Waals surface area contributed by atoms with Gasteiger partial charge in [-0.2, -0.15) is 4.98 Å². The summed E-state index contributed by atoms with van der Waals surface area (Å²) >= 11 is 24.1. The SMILES string of the molecule is CCc1nc(C)nc(N[C@@H](C)COc2nc(Cl)c(Cl)cc2Cl)c1Cl. The zero-order valence-electron chi connectivity index (χ0n) is 13.3. The molecular formula is C15H16Cl4N4O. The first-order chi connectivity index (χ1) is 11.3. The number of anilines is 1. The van der Waals surface area contributed by atoms with Gasteiger partial charge in [0.05, 0.1) is 16.8 Å². The van der Waals surface area contributed by atoms with Gasteiger partial charge in [0.2, 0.25) is 5.88 Å². The fourth-order valence-electron chi connectivity index (χ4n) is 1.96. The predicted molar refractivity (Wildman–Crippen MR) is 99.0 cm³/mol. The van der Waals surface area contributed by atoms with E-state index in [0.29, 0.717) is 21.7 Å². The van der Waals surface area contributed by atoms with E-state index in [1.165, 1.54) is 6.07 Å². The lowest BCUT2D eigenvalue weighted by Crippen LogP contribution is -2.25. The average Bonchev–Trinajstić information content (AvgIpc) is 2.52. The molecule has 1 N–H and O–H groups in total.